The van der Waals surface area contributed by atoms with Crippen molar-refractivity contribution in [2.75, 3.05) is 19.6 Å². The Kier molecular flexibility index (Phi) is 4.38. The average molecular weight is 345 g/mol. The lowest BCUT2D eigenvalue weighted by Crippen LogP contribution is -2.54. The van der Waals surface area contributed by atoms with Crippen LogP contribution >= 0.6 is 0 Å². The van der Waals surface area contributed by atoms with Gasteiger partial charge in [0, 0.05) is 25.0 Å². The van der Waals surface area contributed by atoms with Gasteiger partial charge in [-0.05, 0) is 69.6 Å². The maximum absolute atomic E-state index is 13.0. The van der Waals surface area contributed by atoms with Crippen molar-refractivity contribution in [2.45, 2.75) is 57.9 Å². The van der Waals surface area contributed by atoms with Crippen molar-refractivity contribution >= 4 is 11.8 Å². The molecular weight excluding hydrogens is 314 g/mol. The number of hydrogen-bond acceptors (Lipinski definition) is 3. The summed E-state index contributed by atoms with van der Waals surface area (Å²) in [7, 11) is 0. The van der Waals surface area contributed by atoms with Gasteiger partial charge >= 0.3 is 0 Å². The lowest BCUT2D eigenvalue weighted by molar-refractivity contribution is -0.146. The predicted octanol–water partition coefficient (Wildman–Crippen LogP) is 1.82. The molecule has 4 bridgehead atoms. The van der Waals surface area contributed by atoms with E-state index in [4.69, 9.17) is 5.73 Å². The Morgan fingerprint density at radius 1 is 1.24 bits per heavy atom. The van der Waals surface area contributed by atoms with E-state index in [9.17, 15) is 9.59 Å². The van der Waals surface area contributed by atoms with Crippen molar-refractivity contribution in [3.63, 3.8) is 0 Å². The third kappa shape index (κ3) is 3.23. The largest absolute Gasteiger partial charge is 0.368 e. The molecule has 4 saturated carbocycles. The van der Waals surface area contributed by atoms with Crippen LogP contribution in [-0.2, 0) is 9.59 Å². The number of amides is 2. The fourth-order valence-corrected chi connectivity index (χ4v) is 6.19. The summed E-state index contributed by atoms with van der Waals surface area (Å²) in [5.74, 6) is 2.44. The second-order valence-electron chi connectivity index (χ2n) is 9.07. The first-order chi connectivity index (χ1) is 11.9. The summed E-state index contributed by atoms with van der Waals surface area (Å²) in [6.07, 6.45) is 10.5. The first kappa shape index (κ1) is 17.1. The number of nitrogens with two attached hydrogens (primary N) is 1. The second kappa shape index (κ2) is 6.42. The lowest BCUT2D eigenvalue weighted by Gasteiger charge is -2.55. The van der Waals surface area contributed by atoms with E-state index in [0.717, 1.165) is 56.5 Å². The van der Waals surface area contributed by atoms with Gasteiger partial charge in [0.05, 0.1) is 6.04 Å². The molecule has 25 heavy (non-hydrogen) atoms. The van der Waals surface area contributed by atoms with Gasteiger partial charge < -0.3 is 11.1 Å². The van der Waals surface area contributed by atoms with Gasteiger partial charge in [0.1, 0.15) is 0 Å². The monoisotopic (exact) mass is 345 g/mol. The number of carbonyl (C=O) groups is 2. The summed E-state index contributed by atoms with van der Waals surface area (Å²) in [5.41, 5.74) is 6.61. The van der Waals surface area contributed by atoms with E-state index in [0.29, 0.717) is 12.5 Å². The van der Waals surface area contributed by atoms with Crippen molar-refractivity contribution in [2.24, 2.45) is 28.9 Å². The number of rotatable bonds is 5. The molecule has 5 aliphatic rings. The molecule has 1 atom stereocenters. The van der Waals surface area contributed by atoms with Crippen LogP contribution in [0.5, 0.6) is 0 Å². The van der Waals surface area contributed by atoms with E-state index in [1.165, 1.54) is 24.8 Å². The molecule has 1 aliphatic heterocycles. The van der Waals surface area contributed by atoms with Crippen LogP contribution < -0.4 is 11.1 Å². The zero-order valence-electron chi connectivity index (χ0n) is 15.3. The average Bonchev–Trinajstić information content (AvgIpc) is 2.58. The normalized spacial score (nSPS) is 38.3. The quantitative estimate of drug-likeness (QED) is 0.747. The van der Waals surface area contributed by atoms with E-state index < -0.39 is 0 Å². The van der Waals surface area contributed by atoms with Gasteiger partial charge in [-0.25, -0.2) is 0 Å². The van der Waals surface area contributed by atoms with Gasteiger partial charge in [-0.15, -0.1) is 0 Å². The summed E-state index contributed by atoms with van der Waals surface area (Å²) < 4.78 is 0. The SMILES string of the molecule is C[C@@H](C(N)=O)N1CC=C(CNC(=O)C23CC4CC(CC(C4)C2)C3)CC1. The van der Waals surface area contributed by atoms with Crippen molar-refractivity contribution in [3.8, 4) is 0 Å². The van der Waals surface area contributed by atoms with Crippen LogP contribution in [0.1, 0.15) is 51.9 Å². The minimum Gasteiger partial charge on any atom is -0.368 e. The Morgan fingerprint density at radius 2 is 1.84 bits per heavy atom. The zero-order valence-corrected chi connectivity index (χ0v) is 15.3. The first-order valence-corrected chi connectivity index (χ1v) is 9.95. The first-order valence-electron chi connectivity index (χ1n) is 9.95. The van der Waals surface area contributed by atoms with Crippen LogP contribution in [0, 0.1) is 23.2 Å². The molecule has 3 N–H and O–H groups in total. The van der Waals surface area contributed by atoms with Crippen LogP contribution in [0.2, 0.25) is 0 Å². The van der Waals surface area contributed by atoms with E-state index in [2.05, 4.69) is 16.3 Å². The van der Waals surface area contributed by atoms with Crippen LogP contribution in [0.25, 0.3) is 0 Å². The molecule has 138 valence electrons. The number of carbonyl (C=O) groups excluding carboxylic acids is 2. The molecule has 2 amide bonds. The van der Waals surface area contributed by atoms with Gasteiger partial charge in [0.2, 0.25) is 11.8 Å². The number of nitrogens with zero attached hydrogens (tertiary/aromatic N) is 1. The molecule has 0 saturated heterocycles. The molecule has 0 radical (unpaired) electrons. The third-order valence-electron chi connectivity index (χ3n) is 7.29. The highest BCUT2D eigenvalue weighted by molar-refractivity contribution is 5.83. The highest BCUT2D eigenvalue weighted by Gasteiger charge is 2.54. The summed E-state index contributed by atoms with van der Waals surface area (Å²) in [6.45, 7) is 4.10. The minimum atomic E-state index is -0.271. The van der Waals surface area contributed by atoms with Crippen LogP contribution in [0.15, 0.2) is 11.6 Å². The van der Waals surface area contributed by atoms with Gasteiger partial charge in [-0.1, -0.05) is 11.6 Å². The predicted molar refractivity (Wildman–Crippen MR) is 96.5 cm³/mol. The van der Waals surface area contributed by atoms with Gasteiger partial charge in [0.15, 0.2) is 0 Å². The Bertz CT molecular complexity index is 562. The van der Waals surface area contributed by atoms with E-state index >= 15 is 0 Å². The van der Waals surface area contributed by atoms with E-state index in [-0.39, 0.29) is 17.4 Å². The minimum absolute atomic E-state index is 0.0590. The topological polar surface area (TPSA) is 75.4 Å². The number of hydrogen-bond donors (Lipinski definition) is 2. The molecule has 5 nitrogen and oxygen atoms in total. The molecule has 5 heteroatoms. The molecule has 0 aromatic rings. The fraction of sp³-hybridized carbons (Fsp3) is 0.800. The molecule has 0 aromatic carbocycles. The van der Waals surface area contributed by atoms with Crippen LogP contribution in [0.3, 0.4) is 0 Å². The summed E-state index contributed by atoms with van der Waals surface area (Å²) in [4.78, 5) is 26.4. The molecule has 0 spiro atoms. The molecule has 4 aliphatic carbocycles. The van der Waals surface area contributed by atoms with Gasteiger partial charge in [0.25, 0.3) is 0 Å². The summed E-state index contributed by atoms with van der Waals surface area (Å²) in [6, 6.07) is -0.223. The standard InChI is InChI=1S/C20H31N3O2/c1-13(18(21)24)23-4-2-14(3-5-23)12-22-19(25)20-9-15-6-16(10-20)8-17(7-15)11-20/h2,13,15-17H,3-12H2,1H3,(H2,21,24)(H,22,25)/t13-,15?,16?,17?,20?/m0/s1. The zero-order chi connectivity index (χ0) is 17.6. The number of nitrogens with one attached hydrogen (secondary N) is 1. The molecule has 0 aromatic heterocycles. The van der Waals surface area contributed by atoms with Crippen molar-refractivity contribution in [3.05, 3.63) is 11.6 Å². The van der Waals surface area contributed by atoms with Gasteiger partial charge in [-0.2, -0.15) is 0 Å². The Hall–Kier alpha value is -1.36. The summed E-state index contributed by atoms with van der Waals surface area (Å²) in [5, 5.41) is 3.26. The van der Waals surface area contributed by atoms with E-state index in [1.807, 2.05) is 6.92 Å². The molecule has 1 heterocycles. The van der Waals surface area contributed by atoms with Crippen LogP contribution in [0.4, 0.5) is 0 Å². The smallest absolute Gasteiger partial charge is 0.234 e. The molecule has 0 unspecified atom stereocenters. The van der Waals surface area contributed by atoms with E-state index in [1.54, 1.807) is 0 Å². The highest BCUT2D eigenvalue weighted by atomic mass is 16.2. The summed E-state index contributed by atoms with van der Waals surface area (Å²) >= 11 is 0. The Morgan fingerprint density at radius 3 is 2.32 bits per heavy atom. The Balaban J connectivity index is 1.32. The molecule has 4 fully saturated rings. The third-order valence-corrected chi connectivity index (χ3v) is 7.29. The van der Waals surface area contributed by atoms with Gasteiger partial charge in [-0.3, -0.25) is 14.5 Å². The fourth-order valence-electron chi connectivity index (χ4n) is 6.19. The molecular formula is C20H31N3O2. The van der Waals surface area contributed by atoms with Crippen molar-refractivity contribution < 1.29 is 9.59 Å². The number of primary amides is 1. The maximum atomic E-state index is 13.0. The maximum Gasteiger partial charge on any atom is 0.234 e. The van der Waals surface area contributed by atoms with Crippen LogP contribution in [-0.4, -0.2) is 42.4 Å². The van der Waals surface area contributed by atoms with Crippen molar-refractivity contribution in [1.82, 2.24) is 10.2 Å². The van der Waals surface area contributed by atoms with Crippen molar-refractivity contribution in [1.29, 1.82) is 0 Å². The highest BCUT2D eigenvalue weighted by Crippen LogP contribution is 2.60. The lowest BCUT2D eigenvalue weighted by atomic mass is 9.49. The second-order valence-corrected chi connectivity index (χ2v) is 9.07. The Labute approximate surface area is 150 Å². The molecule has 5 rings (SSSR count).